The Bertz CT molecular complexity index is 387. The zero-order valence-electron chi connectivity index (χ0n) is 10.2. The summed E-state index contributed by atoms with van der Waals surface area (Å²) in [6.45, 7) is 6.21. The minimum atomic E-state index is -0.313. The highest BCUT2D eigenvalue weighted by molar-refractivity contribution is 5.32. The van der Waals surface area contributed by atoms with Gasteiger partial charge in [0.25, 0.3) is 0 Å². The van der Waals surface area contributed by atoms with Gasteiger partial charge in [0.1, 0.15) is 11.6 Å². The van der Waals surface area contributed by atoms with Crippen LogP contribution in [0.15, 0.2) is 18.2 Å². The van der Waals surface area contributed by atoms with E-state index in [-0.39, 0.29) is 23.8 Å². The molecule has 17 heavy (non-hydrogen) atoms. The summed E-state index contributed by atoms with van der Waals surface area (Å²) in [5, 5.41) is 9.67. The van der Waals surface area contributed by atoms with Crippen molar-refractivity contribution in [1.29, 1.82) is 0 Å². The predicted octanol–water partition coefficient (Wildman–Crippen LogP) is 2.14. The Hall–Kier alpha value is -1.13. The number of hydrogen-bond donors (Lipinski definition) is 1. The molecule has 0 radical (unpaired) electrons. The van der Waals surface area contributed by atoms with Crippen molar-refractivity contribution in [3.8, 4) is 5.75 Å². The number of aromatic hydroxyl groups is 1. The zero-order chi connectivity index (χ0) is 12.4. The smallest absolute Gasteiger partial charge is 0.123 e. The number of morpholine rings is 1. The van der Waals surface area contributed by atoms with Gasteiger partial charge < -0.3 is 9.84 Å². The van der Waals surface area contributed by atoms with E-state index < -0.39 is 0 Å². The number of hydrogen-bond acceptors (Lipinski definition) is 3. The van der Waals surface area contributed by atoms with Crippen molar-refractivity contribution in [3.63, 3.8) is 0 Å². The van der Waals surface area contributed by atoms with Crippen LogP contribution in [0.25, 0.3) is 0 Å². The summed E-state index contributed by atoms with van der Waals surface area (Å²) >= 11 is 0. The van der Waals surface area contributed by atoms with Crippen molar-refractivity contribution in [2.45, 2.75) is 32.6 Å². The maximum atomic E-state index is 13.1. The normalized spacial score (nSPS) is 26.1. The maximum Gasteiger partial charge on any atom is 0.123 e. The van der Waals surface area contributed by atoms with Gasteiger partial charge in [-0.05, 0) is 32.0 Å². The minimum Gasteiger partial charge on any atom is -0.508 e. The molecule has 1 aromatic rings. The molecule has 1 N–H and O–H groups in total. The van der Waals surface area contributed by atoms with Gasteiger partial charge in [0, 0.05) is 25.2 Å². The lowest BCUT2D eigenvalue weighted by Crippen LogP contribution is -2.44. The van der Waals surface area contributed by atoms with Crippen LogP contribution in [-0.4, -0.2) is 35.3 Å². The Morgan fingerprint density at radius 1 is 1.35 bits per heavy atom. The number of phenolic OH excluding ortho intramolecular Hbond substituents is 1. The van der Waals surface area contributed by atoms with E-state index in [1.807, 2.05) is 13.8 Å². The van der Waals surface area contributed by atoms with Gasteiger partial charge in [0.15, 0.2) is 0 Å². The molecule has 1 saturated heterocycles. The fraction of sp³-hybridized carbons (Fsp3) is 0.538. The molecule has 0 amide bonds. The summed E-state index contributed by atoms with van der Waals surface area (Å²) in [6.07, 6.45) is 0.351. The average Bonchev–Trinajstić information content (AvgIpc) is 2.22. The lowest BCUT2D eigenvalue weighted by molar-refractivity contribution is -0.0706. The first-order valence-electron chi connectivity index (χ1n) is 5.90. The first-order chi connectivity index (χ1) is 8.04. The minimum absolute atomic E-state index is 0.151. The standard InChI is InChI=1S/C13H18FNO2/c1-9-6-15(7-10(2)17-9)8-11-5-12(14)3-4-13(11)16/h3-5,9-10,16H,6-8H2,1-2H3/t9-,10+. The van der Waals surface area contributed by atoms with Gasteiger partial charge in [-0.2, -0.15) is 0 Å². The van der Waals surface area contributed by atoms with Crippen molar-refractivity contribution in [2.75, 3.05) is 13.1 Å². The Kier molecular flexibility index (Phi) is 3.64. The van der Waals surface area contributed by atoms with Crippen LogP contribution in [0.4, 0.5) is 4.39 Å². The Morgan fingerprint density at radius 2 is 2.00 bits per heavy atom. The first-order valence-corrected chi connectivity index (χ1v) is 5.90. The monoisotopic (exact) mass is 239 g/mol. The number of benzene rings is 1. The molecule has 2 atom stereocenters. The van der Waals surface area contributed by atoms with Crippen molar-refractivity contribution >= 4 is 0 Å². The zero-order valence-corrected chi connectivity index (χ0v) is 10.2. The highest BCUT2D eigenvalue weighted by atomic mass is 19.1. The quantitative estimate of drug-likeness (QED) is 0.858. The van der Waals surface area contributed by atoms with Gasteiger partial charge >= 0.3 is 0 Å². The van der Waals surface area contributed by atoms with E-state index in [0.717, 1.165) is 13.1 Å². The topological polar surface area (TPSA) is 32.7 Å². The van der Waals surface area contributed by atoms with E-state index in [9.17, 15) is 9.50 Å². The Balaban J connectivity index is 2.07. The van der Waals surface area contributed by atoms with Crippen molar-refractivity contribution in [1.82, 2.24) is 4.90 Å². The Morgan fingerprint density at radius 3 is 2.65 bits per heavy atom. The fourth-order valence-corrected chi connectivity index (χ4v) is 2.34. The molecule has 1 aromatic carbocycles. The molecule has 94 valence electrons. The molecule has 0 unspecified atom stereocenters. The number of halogens is 1. The maximum absolute atomic E-state index is 13.1. The van der Waals surface area contributed by atoms with Crippen LogP contribution in [0.3, 0.4) is 0 Å². The third-order valence-electron chi connectivity index (χ3n) is 2.93. The molecule has 0 spiro atoms. The van der Waals surface area contributed by atoms with E-state index in [0.29, 0.717) is 12.1 Å². The van der Waals surface area contributed by atoms with Gasteiger partial charge in [0.05, 0.1) is 12.2 Å². The SMILES string of the molecule is C[C@@H]1CN(Cc2cc(F)ccc2O)C[C@H](C)O1. The molecule has 4 heteroatoms. The predicted molar refractivity (Wildman–Crippen MR) is 63.4 cm³/mol. The third kappa shape index (κ3) is 3.17. The summed E-state index contributed by atoms with van der Waals surface area (Å²) < 4.78 is 18.7. The van der Waals surface area contributed by atoms with Crippen LogP contribution in [0, 0.1) is 5.82 Å². The molecule has 1 fully saturated rings. The fourth-order valence-electron chi connectivity index (χ4n) is 2.34. The molecule has 2 rings (SSSR count). The molecule has 1 heterocycles. The van der Waals surface area contributed by atoms with Gasteiger partial charge in [-0.3, -0.25) is 4.90 Å². The second-order valence-electron chi connectivity index (χ2n) is 4.72. The van der Waals surface area contributed by atoms with E-state index in [2.05, 4.69) is 4.90 Å². The van der Waals surface area contributed by atoms with Crippen molar-refractivity contribution in [2.24, 2.45) is 0 Å². The second-order valence-corrected chi connectivity index (χ2v) is 4.72. The number of rotatable bonds is 2. The summed E-state index contributed by atoms with van der Waals surface area (Å²) in [5.74, 6) is -0.162. The highest BCUT2D eigenvalue weighted by Gasteiger charge is 2.22. The molecule has 0 bridgehead atoms. The first kappa shape index (κ1) is 12.3. The lowest BCUT2D eigenvalue weighted by atomic mass is 10.1. The third-order valence-corrected chi connectivity index (χ3v) is 2.93. The Labute approximate surface area is 101 Å². The molecule has 0 aromatic heterocycles. The van der Waals surface area contributed by atoms with Crippen molar-refractivity contribution in [3.05, 3.63) is 29.6 Å². The molecule has 3 nitrogen and oxygen atoms in total. The summed E-state index contributed by atoms with van der Waals surface area (Å²) in [6, 6.07) is 4.06. The molecular weight excluding hydrogens is 221 g/mol. The number of ether oxygens (including phenoxy) is 1. The second kappa shape index (κ2) is 5.02. The van der Waals surface area contributed by atoms with Gasteiger partial charge in [-0.1, -0.05) is 0 Å². The van der Waals surface area contributed by atoms with Crippen LogP contribution in [0.5, 0.6) is 5.75 Å². The van der Waals surface area contributed by atoms with E-state index in [1.165, 1.54) is 18.2 Å². The summed E-state index contributed by atoms with van der Waals surface area (Å²) in [7, 11) is 0. The van der Waals surface area contributed by atoms with Crippen LogP contribution in [0.1, 0.15) is 19.4 Å². The average molecular weight is 239 g/mol. The van der Waals surface area contributed by atoms with Crippen LogP contribution < -0.4 is 0 Å². The summed E-state index contributed by atoms with van der Waals surface area (Å²) in [4.78, 5) is 2.17. The highest BCUT2D eigenvalue weighted by Crippen LogP contribution is 2.21. The van der Waals surface area contributed by atoms with Crippen LogP contribution in [-0.2, 0) is 11.3 Å². The summed E-state index contributed by atoms with van der Waals surface area (Å²) in [5.41, 5.74) is 0.631. The number of phenols is 1. The number of nitrogens with zero attached hydrogens (tertiary/aromatic N) is 1. The van der Waals surface area contributed by atoms with E-state index in [1.54, 1.807) is 0 Å². The molecule has 0 saturated carbocycles. The van der Waals surface area contributed by atoms with Gasteiger partial charge in [-0.25, -0.2) is 4.39 Å². The van der Waals surface area contributed by atoms with Gasteiger partial charge in [0.2, 0.25) is 0 Å². The largest absolute Gasteiger partial charge is 0.508 e. The molecular formula is C13H18FNO2. The molecule has 1 aliphatic rings. The van der Waals surface area contributed by atoms with E-state index >= 15 is 0 Å². The lowest BCUT2D eigenvalue weighted by Gasteiger charge is -2.35. The van der Waals surface area contributed by atoms with Gasteiger partial charge in [-0.15, -0.1) is 0 Å². The van der Waals surface area contributed by atoms with Crippen LogP contribution >= 0.6 is 0 Å². The van der Waals surface area contributed by atoms with Crippen molar-refractivity contribution < 1.29 is 14.2 Å². The molecule has 1 aliphatic heterocycles. The van der Waals surface area contributed by atoms with E-state index in [4.69, 9.17) is 4.74 Å². The van der Waals surface area contributed by atoms with Crippen LogP contribution in [0.2, 0.25) is 0 Å². The molecule has 0 aliphatic carbocycles.